The predicted molar refractivity (Wildman–Crippen MR) is 255 cm³/mol. The van der Waals surface area contributed by atoms with Gasteiger partial charge in [-0.3, -0.25) is 28.8 Å². The summed E-state index contributed by atoms with van der Waals surface area (Å²) >= 11 is 0. The average molecular weight is 1490 g/mol. The number of halogens is 28. The summed E-state index contributed by atoms with van der Waals surface area (Å²) in [5, 5.41) is 0. The molecule has 0 aromatic heterocycles. The third kappa shape index (κ3) is 37.1. The van der Waals surface area contributed by atoms with E-state index in [-0.39, 0.29) is 55.6 Å². The van der Waals surface area contributed by atoms with Crippen molar-refractivity contribution in [3.05, 3.63) is 49.1 Å². The van der Waals surface area contributed by atoms with Crippen LogP contribution in [0.1, 0.15) is 78.6 Å². The minimum Gasteiger partial charge on any atom is -0.462 e. The Balaban J connectivity index is -0.000000611. The molecular weight excluding hydrogens is 1440 g/mol. The van der Waals surface area contributed by atoms with Gasteiger partial charge in [-0.15, -0.1) is 0 Å². The summed E-state index contributed by atoms with van der Waals surface area (Å²) in [5.41, 5.74) is -6.43. The van der Waals surface area contributed by atoms with E-state index < -0.39 is 204 Å². The van der Waals surface area contributed by atoms with Gasteiger partial charge in [0.25, 0.3) is 12.2 Å². The van der Waals surface area contributed by atoms with Crippen LogP contribution < -0.4 is 0 Å². The monoisotopic (exact) mass is 1490 g/mol. The molecule has 0 N–H and O–H groups in total. The van der Waals surface area contributed by atoms with Crippen LogP contribution in [0.15, 0.2) is 49.1 Å². The van der Waals surface area contributed by atoms with Crippen LogP contribution in [0.4, 0.5) is 123 Å². The highest BCUT2D eigenvalue weighted by Gasteiger charge is 2.87. The number of hydrogen-bond donors (Lipinski definition) is 0. The summed E-state index contributed by atoms with van der Waals surface area (Å²) in [6.45, 7) is 14.5. The van der Waals surface area contributed by atoms with E-state index in [1.165, 1.54) is 20.8 Å². The molecule has 0 spiro atoms. The summed E-state index contributed by atoms with van der Waals surface area (Å²) < 4.78 is 383. The minimum atomic E-state index is -7.04. The second-order valence-electron chi connectivity index (χ2n) is 17.7. The molecule has 0 bridgehead atoms. The van der Waals surface area contributed by atoms with E-state index in [4.69, 9.17) is 0 Å². The molecule has 0 radical (unpaired) electrons. The Labute approximate surface area is 524 Å². The van der Waals surface area contributed by atoms with Crippen LogP contribution in [0.2, 0.25) is 0 Å². The van der Waals surface area contributed by atoms with Crippen LogP contribution in [0, 0.1) is 0 Å². The molecule has 0 fully saturated rings. The predicted octanol–water partition coefficient (Wildman–Crippen LogP) is 12.0. The minimum absolute atomic E-state index is 0.0486. The Morgan fingerprint density at radius 1 is 0.320 bits per heavy atom. The molecule has 562 valence electrons. The number of carbonyl (C=O) groups is 10. The van der Waals surface area contributed by atoms with Crippen molar-refractivity contribution < 1.29 is 218 Å². The van der Waals surface area contributed by atoms with Crippen LogP contribution >= 0.6 is 0 Å². The van der Waals surface area contributed by atoms with Crippen molar-refractivity contribution in [3.63, 3.8) is 0 Å². The van der Waals surface area contributed by atoms with Gasteiger partial charge in [-0.05, 0) is 40.0 Å². The molecule has 0 aromatic rings. The molecule has 48 heteroatoms. The fourth-order valence-electron chi connectivity index (χ4n) is 4.94. The molecule has 0 atom stereocenters. The first-order valence-electron chi connectivity index (χ1n) is 25.0. The molecule has 0 aromatic carbocycles. The van der Waals surface area contributed by atoms with Gasteiger partial charge >= 0.3 is 127 Å². The first-order valence-corrected chi connectivity index (χ1v) is 25.0. The number of carbonyl (C=O) groups excluding carboxylic acids is 10. The lowest BCUT2D eigenvalue weighted by Gasteiger charge is -2.37. The van der Waals surface area contributed by atoms with Gasteiger partial charge < -0.3 is 47.4 Å². The zero-order chi connectivity index (χ0) is 77.5. The smallest absolute Gasteiger partial charge is 0.462 e. The molecule has 0 amide bonds. The Kier molecular flexibility index (Phi) is 39.0. The van der Waals surface area contributed by atoms with Gasteiger partial charge in [0.2, 0.25) is 0 Å². The lowest BCUT2D eigenvalue weighted by atomic mass is 10.0. The normalized spacial score (nSPS) is 12.4. The summed E-state index contributed by atoms with van der Waals surface area (Å²) in [7, 11) is 0. The van der Waals surface area contributed by atoms with E-state index in [9.17, 15) is 171 Å². The number of alkyl halides is 28. The molecule has 97 heavy (non-hydrogen) atoms. The third-order valence-corrected chi connectivity index (χ3v) is 9.36. The second kappa shape index (κ2) is 39.8. The summed E-state index contributed by atoms with van der Waals surface area (Å²) in [6, 6.07) is 0. The summed E-state index contributed by atoms with van der Waals surface area (Å²) in [4.78, 5) is 110. The van der Waals surface area contributed by atoms with E-state index in [0.717, 1.165) is 0 Å². The lowest BCUT2D eigenvalue weighted by Crippen LogP contribution is -2.68. The van der Waals surface area contributed by atoms with Crippen molar-refractivity contribution >= 4 is 59.7 Å². The molecule has 0 aliphatic heterocycles. The van der Waals surface area contributed by atoms with E-state index in [0.29, 0.717) is 0 Å². The van der Waals surface area contributed by atoms with Crippen molar-refractivity contribution in [1.29, 1.82) is 0 Å². The quantitative estimate of drug-likeness (QED) is 0.0221. The van der Waals surface area contributed by atoms with Gasteiger partial charge in [-0.1, -0.05) is 26.3 Å². The lowest BCUT2D eigenvalue weighted by molar-refractivity contribution is -0.446. The Hall–Kier alpha value is -8.30. The fourth-order valence-corrected chi connectivity index (χ4v) is 4.94. The van der Waals surface area contributed by atoms with Gasteiger partial charge in [-0.25, -0.2) is 19.2 Å². The average Bonchev–Trinajstić information content (AvgIpc) is 0.724. The number of ether oxygens (including phenoxy) is 10. The van der Waals surface area contributed by atoms with Crippen molar-refractivity contribution in [2.75, 3.05) is 39.6 Å². The molecular formula is C49H50F28O20. The maximum atomic E-state index is 13.1. The molecule has 0 saturated carbocycles. The maximum Gasteiger partial charge on any atom is 0.470 e. The Morgan fingerprint density at radius 2 is 0.546 bits per heavy atom. The van der Waals surface area contributed by atoms with Gasteiger partial charge in [0, 0.05) is 61.3 Å². The van der Waals surface area contributed by atoms with Crippen LogP contribution in [-0.2, 0) is 95.3 Å². The van der Waals surface area contributed by atoms with Crippen molar-refractivity contribution in [2.24, 2.45) is 0 Å². The Morgan fingerprint density at radius 3 is 0.773 bits per heavy atom. The van der Waals surface area contributed by atoms with E-state index >= 15 is 0 Å². The molecule has 0 rings (SSSR count). The van der Waals surface area contributed by atoms with Gasteiger partial charge in [0.05, 0.1) is 0 Å². The number of hydrogen-bond acceptors (Lipinski definition) is 20. The molecule has 0 heterocycles. The van der Waals surface area contributed by atoms with Crippen LogP contribution in [0.25, 0.3) is 0 Å². The van der Waals surface area contributed by atoms with Gasteiger partial charge in [-0.2, -0.15) is 123 Å². The number of rotatable bonds is 29. The zero-order valence-electron chi connectivity index (χ0n) is 48.9. The topological polar surface area (TPSA) is 263 Å². The molecule has 0 unspecified atom stereocenters. The van der Waals surface area contributed by atoms with E-state index in [1.54, 1.807) is 0 Å². The van der Waals surface area contributed by atoms with Crippen molar-refractivity contribution in [1.82, 2.24) is 0 Å². The van der Waals surface area contributed by atoms with Crippen LogP contribution in [0.3, 0.4) is 0 Å². The largest absolute Gasteiger partial charge is 0.470 e. The standard InChI is InChI=1S/C15H15F9O6.C14H15F7O6.C14H16F6O6.C6H4F6O2/c1-8(2)11(27)29-7-6-28-9(25)4-3-5-10(26)30-12(13(16,17)18,14(19,20)21)15(22,23)24;1-8(2)11(24)26-7-6-25-9(22)4-3-5-10(23)27-12(15,13(16,17)18)14(19,20)21;1-8(2)11(23)25-7-6-24-9(21)4-3-5-10(22)26-12(13(15,16)17)14(18,19)20;1-2-3(13)14-4(5(7,8)9)6(10,11)12/h1,3-7H2,2H3;1,3-7H2,2H3;12H,1,3-7H2,2H3;2,4H,1H2. The molecule has 20 nitrogen and oxygen atoms in total. The Bertz CT molecular complexity index is 2580. The summed E-state index contributed by atoms with van der Waals surface area (Å²) in [6.07, 6.45) is -72.1. The molecule has 0 aliphatic rings. The highest BCUT2D eigenvalue weighted by Crippen LogP contribution is 2.55. The first-order chi connectivity index (χ1) is 43.3. The highest BCUT2D eigenvalue weighted by atomic mass is 19.5. The van der Waals surface area contributed by atoms with E-state index in [2.05, 4.69) is 73.7 Å². The maximum absolute atomic E-state index is 13.1. The van der Waals surface area contributed by atoms with Crippen LogP contribution in [0.5, 0.6) is 0 Å². The van der Waals surface area contributed by atoms with Crippen molar-refractivity contribution in [3.8, 4) is 0 Å². The summed E-state index contributed by atoms with van der Waals surface area (Å²) in [5.74, 6) is -19.5. The number of esters is 10. The fraction of sp³-hybridized carbons (Fsp3) is 0.633. The van der Waals surface area contributed by atoms with Gasteiger partial charge in [0.15, 0.2) is 0 Å². The van der Waals surface area contributed by atoms with Gasteiger partial charge in [0.1, 0.15) is 39.6 Å². The second-order valence-corrected chi connectivity index (χ2v) is 17.7. The first kappa shape index (κ1) is 95.1. The SMILES string of the molecule is C=C(C)C(=O)OCCOC(=O)CCCC(=O)OC(C(F)(F)F)(C(F)(F)F)C(F)(F)F.C=C(C)C(=O)OCCOC(=O)CCCC(=O)OC(C(F)(F)F)C(F)(F)F.C=C(C)C(=O)OCCOC(=O)CCCC(=O)OC(F)(C(F)(F)F)C(F)(F)F.C=CC(=O)OC(C(F)(F)F)C(F)(F)F. The molecule has 0 aliphatic carbocycles. The zero-order valence-corrected chi connectivity index (χ0v) is 48.9. The van der Waals surface area contributed by atoms with Crippen molar-refractivity contribution in [2.45, 2.75) is 158 Å². The third-order valence-electron chi connectivity index (χ3n) is 9.36. The molecule has 0 saturated heterocycles. The highest BCUT2D eigenvalue weighted by molar-refractivity contribution is 5.88. The van der Waals surface area contributed by atoms with Crippen LogP contribution in [-0.4, -0.2) is 179 Å². The van der Waals surface area contributed by atoms with E-state index in [1.807, 2.05) is 0 Å².